The minimum Gasteiger partial charge on any atom is -0.496 e. The minimum atomic E-state index is -3.02. The van der Waals surface area contributed by atoms with Crippen LogP contribution in [-0.2, 0) is 9.84 Å². The molecule has 122 valence electrons. The number of hydrogen-bond donors (Lipinski definition) is 0. The fraction of sp³-hybridized carbons (Fsp3) is 0.562. The molecular formula is C16H23NO4S. The van der Waals surface area contributed by atoms with E-state index in [1.807, 2.05) is 12.1 Å². The fourth-order valence-corrected chi connectivity index (χ4v) is 4.46. The Morgan fingerprint density at radius 1 is 1.36 bits per heavy atom. The first-order valence-electron chi connectivity index (χ1n) is 7.40. The summed E-state index contributed by atoms with van der Waals surface area (Å²) in [5.41, 5.74) is 1.54. The van der Waals surface area contributed by atoms with Crippen molar-refractivity contribution in [3.63, 3.8) is 0 Å². The SMILES string of the molecule is COc1ccc(C(C)C)cc1C(=O)N(C)C1CCS(=O)(=O)C1. The van der Waals surface area contributed by atoms with Crippen LogP contribution in [0.25, 0.3) is 0 Å². The van der Waals surface area contributed by atoms with Crippen LogP contribution in [-0.4, -0.2) is 50.9 Å². The summed E-state index contributed by atoms with van der Waals surface area (Å²) >= 11 is 0. The van der Waals surface area contributed by atoms with Crippen molar-refractivity contribution >= 4 is 15.7 Å². The van der Waals surface area contributed by atoms with Gasteiger partial charge in [-0.2, -0.15) is 0 Å². The van der Waals surface area contributed by atoms with Crippen molar-refractivity contribution in [3.05, 3.63) is 29.3 Å². The van der Waals surface area contributed by atoms with Crippen molar-refractivity contribution in [2.75, 3.05) is 25.7 Å². The Bertz CT molecular complexity index is 667. The van der Waals surface area contributed by atoms with Crippen molar-refractivity contribution in [1.29, 1.82) is 0 Å². The molecule has 2 rings (SSSR count). The van der Waals surface area contributed by atoms with E-state index in [2.05, 4.69) is 13.8 Å². The number of amides is 1. The molecule has 1 aromatic carbocycles. The number of ether oxygens (including phenoxy) is 1. The van der Waals surface area contributed by atoms with Crippen LogP contribution < -0.4 is 4.74 Å². The third-order valence-corrected chi connectivity index (χ3v) is 5.95. The van der Waals surface area contributed by atoms with Gasteiger partial charge in [-0.3, -0.25) is 4.79 Å². The first-order valence-corrected chi connectivity index (χ1v) is 9.23. The van der Waals surface area contributed by atoms with Crippen LogP contribution in [0.3, 0.4) is 0 Å². The molecule has 1 aliphatic heterocycles. The van der Waals surface area contributed by atoms with Crippen molar-refractivity contribution < 1.29 is 17.9 Å². The number of carbonyl (C=O) groups is 1. The van der Waals surface area contributed by atoms with Gasteiger partial charge in [0.15, 0.2) is 9.84 Å². The molecule has 1 aromatic rings. The quantitative estimate of drug-likeness (QED) is 0.850. The van der Waals surface area contributed by atoms with Gasteiger partial charge in [0.25, 0.3) is 5.91 Å². The highest BCUT2D eigenvalue weighted by atomic mass is 32.2. The second-order valence-electron chi connectivity index (χ2n) is 6.09. The van der Waals surface area contributed by atoms with Gasteiger partial charge in [-0.1, -0.05) is 19.9 Å². The monoisotopic (exact) mass is 325 g/mol. The predicted molar refractivity (Wildman–Crippen MR) is 86.2 cm³/mol. The van der Waals surface area contributed by atoms with Gasteiger partial charge in [0.2, 0.25) is 0 Å². The Hall–Kier alpha value is -1.56. The lowest BCUT2D eigenvalue weighted by atomic mass is 9.99. The summed E-state index contributed by atoms with van der Waals surface area (Å²) in [5, 5.41) is 0. The maximum atomic E-state index is 12.7. The summed E-state index contributed by atoms with van der Waals surface area (Å²) in [6.45, 7) is 4.12. The molecule has 1 unspecified atom stereocenters. The van der Waals surface area contributed by atoms with Crippen molar-refractivity contribution in [2.45, 2.75) is 32.2 Å². The number of benzene rings is 1. The molecule has 1 amide bonds. The summed E-state index contributed by atoms with van der Waals surface area (Å²) in [6.07, 6.45) is 0.497. The standard InChI is InChI=1S/C16H23NO4S/c1-11(2)12-5-6-15(21-4)14(9-12)16(18)17(3)13-7-8-22(19,20)10-13/h5-6,9,11,13H,7-8,10H2,1-4H3. The van der Waals surface area contributed by atoms with E-state index >= 15 is 0 Å². The zero-order chi connectivity index (χ0) is 16.5. The average Bonchev–Trinajstić information content (AvgIpc) is 2.85. The zero-order valence-electron chi connectivity index (χ0n) is 13.5. The van der Waals surface area contributed by atoms with Gasteiger partial charge < -0.3 is 9.64 Å². The molecule has 0 radical (unpaired) electrons. The lowest BCUT2D eigenvalue weighted by molar-refractivity contribution is 0.0744. The maximum Gasteiger partial charge on any atom is 0.257 e. The van der Waals surface area contributed by atoms with Gasteiger partial charge in [-0.05, 0) is 30.0 Å². The molecular weight excluding hydrogens is 302 g/mol. The smallest absolute Gasteiger partial charge is 0.257 e. The van der Waals surface area contributed by atoms with Gasteiger partial charge in [-0.25, -0.2) is 8.42 Å². The molecule has 0 aromatic heterocycles. The van der Waals surface area contributed by atoms with Gasteiger partial charge in [-0.15, -0.1) is 0 Å². The van der Waals surface area contributed by atoms with E-state index in [9.17, 15) is 13.2 Å². The van der Waals surface area contributed by atoms with E-state index in [-0.39, 0.29) is 23.5 Å². The van der Waals surface area contributed by atoms with E-state index in [1.165, 1.54) is 12.0 Å². The number of hydrogen-bond acceptors (Lipinski definition) is 4. The van der Waals surface area contributed by atoms with E-state index < -0.39 is 9.84 Å². The Morgan fingerprint density at radius 2 is 2.05 bits per heavy atom. The van der Waals surface area contributed by atoms with Gasteiger partial charge in [0.1, 0.15) is 5.75 Å². The molecule has 0 aliphatic carbocycles. The molecule has 1 heterocycles. The van der Waals surface area contributed by atoms with Crippen LogP contribution in [0.15, 0.2) is 18.2 Å². The number of carbonyl (C=O) groups excluding carboxylic acids is 1. The Balaban J connectivity index is 2.30. The highest BCUT2D eigenvalue weighted by Crippen LogP contribution is 2.27. The summed E-state index contributed by atoms with van der Waals surface area (Å²) in [5.74, 6) is 0.818. The van der Waals surface area contributed by atoms with E-state index in [4.69, 9.17) is 4.74 Å². The Morgan fingerprint density at radius 3 is 2.55 bits per heavy atom. The average molecular weight is 325 g/mol. The van der Waals surface area contributed by atoms with Crippen molar-refractivity contribution in [3.8, 4) is 5.75 Å². The van der Waals surface area contributed by atoms with E-state index in [0.29, 0.717) is 23.7 Å². The summed E-state index contributed by atoms with van der Waals surface area (Å²) in [6, 6.07) is 5.32. The Labute approximate surface area is 132 Å². The number of rotatable bonds is 4. The third kappa shape index (κ3) is 3.43. The third-order valence-electron chi connectivity index (χ3n) is 4.20. The molecule has 1 saturated heterocycles. The topological polar surface area (TPSA) is 63.7 Å². The minimum absolute atomic E-state index is 0.0431. The fourth-order valence-electron chi connectivity index (χ4n) is 2.69. The summed E-state index contributed by atoms with van der Waals surface area (Å²) in [7, 11) is 0.172. The van der Waals surface area contributed by atoms with Gasteiger partial charge in [0, 0.05) is 13.1 Å². The summed E-state index contributed by atoms with van der Waals surface area (Å²) in [4.78, 5) is 14.3. The Kier molecular flexibility index (Phi) is 4.80. The second kappa shape index (κ2) is 6.28. The van der Waals surface area contributed by atoms with Crippen LogP contribution in [0.4, 0.5) is 0 Å². The summed E-state index contributed by atoms with van der Waals surface area (Å²) < 4.78 is 28.5. The van der Waals surface area contributed by atoms with Gasteiger partial charge >= 0.3 is 0 Å². The first-order chi connectivity index (χ1) is 10.2. The van der Waals surface area contributed by atoms with Crippen LogP contribution in [0.2, 0.25) is 0 Å². The lowest BCUT2D eigenvalue weighted by Crippen LogP contribution is -2.38. The van der Waals surface area contributed by atoms with Crippen molar-refractivity contribution in [2.24, 2.45) is 0 Å². The van der Waals surface area contributed by atoms with E-state index in [1.54, 1.807) is 13.1 Å². The maximum absolute atomic E-state index is 12.7. The molecule has 6 heteroatoms. The lowest BCUT2D eigenvalue weighted by Gasteiger charge is -2.24. The largest absolute Gasteiger partial charge is 0.496 e. The molecule has 1 fully saturated rings. The normalized spacial score (nSPS) is 20.1. The highest BCUT2D eigenvalue weighted by molar-refractivity contribution is 7.91. The number of sulfone groups is 1. The molecule has 0 N–H and O–H groups in total. The molecule has 1 atom stereocenters. The van der Waals surface area contributed by atoms with Gasteiger partial charge in [0.05, 0.1) is 24.2 Å². The molecule has 0 saturated carbocycles. The second-order valence-corrected chi connectivity index (χ2v) is 8.32. The van der Waals surface area contributed by atoms with Crippen LogP contribution in [0, 0.1) is 0 Å². The number of nitrogens with zero attached hydrogens (tertiary/aromatic N) is 1. The predicted octanol–water partition coefficient (Wildman–Crippen LogP) is 2.08. The van der Waals surface area contributed by atoms with Crippen LogP contribution in [0.5, 0.6) is 5.75 Å². The highest BCUT2D eigenvalue weighted by Gasteiger charge is 2.33. The molecule has 1 aliphatic rings. The zero-order valence-corrected chi connectivity index (χ0v) is 14.3. The molecule has 0 spiro atoms. The number of methoxy groups -OCH3 is 1. The van der Waals surface area contributed by atoms with E-state index in [0.717, 1.165) is 5.56 Å². The molecule has 22 heavy (non-hydrogen) atoms. The molecule has 0 bridgehead atoms. The van der Waals surface area contributed by atoms with Crippen molar-refractivity contribution in [1.82, 2.24) is 4.90 Å². The van der Waals surface area contributed by atoms with Crippen LogP contribution >= 0.6 is 0 Å². The molecule has 5 nitrogen and oxygen atoms in total. The first kappa shape index (κ1) is 16.8. The van der Waals surface area contributed by atoms with Crippen LogP contribution in [0.1, 0.15) is 42.1 Å².